The van der Waals surface area contributed by atoms with Crippen LogP contribution in [-0.4, -0.2) is 32.2 Å². The van der Waals surface area contributed by atoms with E-state index >= 15 is 0 Å². The zero-order valence-corrected chi connectivity index (χ0v) is 16.8. The van der Waals surface area contributed by atoms with E-state index in [4.69, 9.17) is 0 Å². The monoisotopic (exact) mass is 391 g/mol. The van der Waals surface area contributed by atoms with Gasteiger partial charge in [-0.1, -0.05) is 0 Å². The molecule has 1 aromatic carbocycles. The van der Waals surface area contributed by atoms with E-state index in [2.05, 4.69) is 15.4 Å². The lowest BCUT2D eigenvalue weighted by atomic mass is 9.53. The van der Waals surface area contributed by atoms with E-state index in [-0.39, 0.29) is 17.5 Å². The van der Waals surface area contributed by atoms with Gasteiger partial charge in [0.15, 0.2) is 0 Å². The lowest BCUT2D eigenvalue weighted by Crippen LogP contribution is -2.61. The summed E-state index contributed by atoms with van der Waals surface area (Å²) in [4.78, 5) is 12.8. The van der Waals surface area contributed by atoms with Crippen molar-refractivity contribution in [2.24, 2.45) is 17.8 Å². The minimum absolute atomic E-state index is 0.0189. The molecule has 5 rings (SSSR count). The number of hydrogen-bond acceptors (Lipinski definition) is 4. The third-order valence-electron chi connectivity index (χ3n) is 6.39. The zero-order chi connectivity index (χ0) is 19.2. The van der Waals surface area contributed by atoms with E-state index in [1.54, 1.807) is 24.3 Å². The summed E-state index contributed by atoms with van der Waals surface area (Å²) < 4.78 is 25.0. The van der Waals surface area contributed by atoms with E-state index < -0.39 is 10.0 Å². The van der Waals surface area contributed by atoms with Crippen molar-refractivity contribution in [3.63, 3.8) is 0 Å². The van der Waals surface area contributed by atoms with Gasteiger partial charge in [0.05, 0.1) is 6.26 Å². The summed E-state index contributed by atoms with van der Waals surface area (Å²) in [7, 11) is -3.29. The number of hydrogen-bond donors (Lipinski definition) is 3. The Labute approximate surface area is 161 Å². The lowest BCUT2D eigenvalue weighted by Gasteiger charge is -2.57. The molecule has 4 aliphatic carbocycles. The summed E-state index contributed by atoms with van der Waals surface area (Å²) in [6.45, 7) is 1.87. The first-order valence-corrected chi connectivity index (χ1v) is 11.8. The van der Waals surface area contributed by atoms with Crippen molar-refractivity contribution in [2.45, 2.75) is 57.0 Å². The van der Waals surface area contributed by atoms with Gasteiger partial charge in [-0.05, 0) is 87.5 Å². The molecule has 6 nitrogen and oxygen atoms in total. The van der Waals surface area contributed by atoms with Gasteiger partial charge < -0.3 is 10.6 Å². The molecule has 0 saturated heterocycles. The highest BCUT2D eigenvalue weighted by atomic mass is 32.2. The molecular formula is C20H29N3O3S. The summed E-state index contributed by atoms with van der Waals surface area (Å²) in [5.41, 5.74) is 1.32. The number of amides is 1. The van der Waals surface area contributed by atoms with Crippen molar-refractivity contribution in [1.82, 2.24) is 5.32 Å². The van der Waals surface area contributed by atoms with Crippen molar-refractivity contribution >= 4 is 27.3 Å². The maximum Gasteiger partial charge on any atom is 0.242 e. The Morgan fingerprint density at radius 2 is 1.48 bits per heavy atom. The minimum Gasteiger partial charge on any atom is -0.374 e. The van der Waals surface area contributed by atoms with Gasteiger partial charge in [0.2, 0.25) is 15.9 Å². The largest absolute Gasteiger partial charge is 0.374 e. The van der Waals surface area contributed by atoms with Crippen LogP contribution in [0.15, 0.2) is 24.3 Å². The molecule has 1 aromatic rings. The Bertz CT molecular complexity index is 784. The number of carbonyl (C=O) groups excluding carboxylic acids is 1. The van der Waals surface area contributed by atoms with Gasteiger partial charge in [-0.25, -0.2) is 8.42 Å². The molecule has 3 N–H and O–H groups in total. The van der Waals surface area contributed by atoms with Gasteiger partial charge in [-0.2, -0.15) is 0 Å². The SMILES string of the molecule is C[C@@H](Nc1ccc(NS(C)(=O)=O)cc1)C(=O)NC12CC3CC(CC(C3)C1)C2. The van der Waals surface area contributed by atoms with Crippen molar-refractivity contribution in [1.29, 1.82) is 0 Å². The van der Waals surface area contributed by atoms with E-state index in [0.717, 1.165) is 49.0 Å². The molecule has 7 heteroatoms. The van der Waals surface area contributed by atoms with Crippen molar-refractivity contribution in [3.05, 3.63) is 24.3 Å². The average Bonchev–Trinajstić information content (AvgIpc) is 2.53. The first kappa shape index (κ1) is 18.6. The Kier molecular flexibility index (Phi) is 4.61. The van der Waals surface area contributed by atoms with E-state index in [1.807, 2.05) is 6.92 Å². The quantitative estimate of drug-likeness (QED) is 0.696. The van der Waals surface area contributed by atoms with Crippen molar-refractivity contribution in [3.8, 4) is 0 Å². The van der Waals surface area contributed by atoms with Crippen LogP contribution in [0.5, 0.6) is 0 Å². The Morgan fingerprint density at radius 3 is 1.96 bits per heavy atom. The van der Waals surface area contributed by atoms with Crippen molar-refractivity contribution < 1.29 is 13.2 Å². The molecule has 4 saturated carbocycles. The maximum atomic E-state index is 12.8. The number of anilines is 2. The van der Waals surface area contributed by atoms with Crippen LogP contribution >= 0.6 is 0 Å². The minimum atomic E-state index is -3.29. The van der Waals surface area contributed by atoms with Gasteiger partial charge >= 0.3 is 0 Å². The van der Waals surface area contributed by atoms with Gasteiger partial charge in [0.1, 0.15) is 6.04 Å². The van der Waals surface area contributed by atoms with Crippen molar-refractivity contribution in [2.75, 3.05) is 16.3 Å². The second-order valence-corrected chi connectivity index (χ2v) is 10.8. The molecule has 0 aliphatic heterocycles. The normalized spacial score (nSPS) is 32.7. The fraction of sp³-hybridized carbons (Fsp3) is 0.650. The molecule has 4 fully saturated rings. The lowest BCUT2D eigenvalue weighted by molar-refractivity contribution is -0.127. The van der Waals surface area contributed by atoms with Crippen LogP contribution < -0.4 is 15.4 Å². The summed E-state index contributed by atoms with van der Waals surface area (Å²) >= 11 is 0. The molecule has 0 radical (unpaired) electrons. The summed E-state index contributed by atoms with van der Waals surface area (Å²) in [6.07, 6.45) is 8.62. The molecule has 4 aliphatic rings. The fourth-order valence-electron chi connectivity index (χ4n) is 5.80. The highest BCUT2D eigenvalue weighted by Gasteiger charge is 2.51. The van der Waals surface area contributed by atoms with Gasteiger partial charge in [0, 0.05) is 16.9 Å². The average molecular weight is 392 g/mol. The number of carbonyl (C=O) groups is 1. The van der Waals surface area contributed by atoms with Gasteiger partial charge in [-0.3, -0.25) is 9.52 Å². The van der Waals surface area contributed by atoms with E-state index in [1.165, 1.54) is 19.3 Å². The Hall–Kier alpha value is -1.76. The second kappa shape index (κ2) is 6.69. The molecular weight excluding hydrogens is 362 g/mol. The van der Waals surface area contributed by atoms with Crippen LogP contribution in [0.1, 0.15) is 45.4 Å². The maximum absolute atomic E-state index is 12.8. The first-order chi connectivity index (χ1) is 12.7. The fourth-order valence-corrected chi connectivity index (χ4v) is 6.36. The predicted molar refractivity (Wildman–Crippen MR) is 107 cm³/mol. The number of rotatable bonds is 6. The summed E-state index contributed by atoms with van der Waals surface area (Å²) in [5.74, 6) is 2.45. The summed E-state index contributed by atoms with van der Waals surface area (Å²) in [6, 6.07) is 6.59. The summed E-state index contributed by atoms with van der Waals surface area (Å²) in [5, 5.41) is 6.62. The van der Waals surface area contributed by atoms with Crippen LogP contribution in [-0.2, 0) is 14.8 Å². The Morgan fingerprint density at radius 1 is 1.00 bits per heavy atom. The van der Waals surface area contributed by atoms with Crippen LogP contribution in [0.4, 0.5) is 11.4 Å². The predicted octanol–water partition coefficient (Wildman–Crippen LogP) is 2.94. The smallest absolute Gasteiger partial charge is 0.242 e. The van der Waals surface area contributed by atoms with Crippen LogP contribution in [0.3, 0.4) is 0 Å². The van der Waals surface area contributed by atoms with Crippen LogP contribution in [0.2, 0.25) is 0 Å². The third kappa shape index (κ3) is 4.23. The van der Waals surface area contributed by atoms with Crippen LogP contribution in [0, 0.1) is 17.8 Å². The van der Waals surface area contributed by atoms with E-state index in [0.29, 0.717) is 5.69 Å². The number of benzene rings is 1. The topological polar surface area (TPSA) is 87.3 Å². The molecule has 148 valence electrons. The van der Waals surface area contributed by atoms with Gasteiger partial charge in [-0.15, -0.1) is 0 Å². The molecule has 1 amide bonds. The standard InChI is InChI=1S/C20H29N3O3S/c1-13(21-17-3-5-18(6-4-17)23-27(2,25)26)19(24)22-20-10-14-7-15(11-20)9-16(8-14)12-20/h3-6,13-16,21,23H,7-12H2,1-2H3,(H,22,24)/t13-,14?,15?,16?,20?/m1/s1. The number of sulfonamides is 1. The molecule has 0 unspecified atom stereocenters. The first-order valence-electron chi connectivity index (χ1n) is 9.86. The molecule has 0 spiro atoms. The molecule has 1 atom stereocenters. The second-order valence-electron chi connectivity index (χ2n) is 9.00. The highest BCUT2D eigenvalue weighted by Crippen LogP contribution is 2.55. The van der Waals surface area contributed by atoms with Crippen LogP contribution in [0.25, 0.3) is 0 Å². The van der Waals surface area contributed by atoms with E-state index in [9.17, 15) is 13.2 Å². The highest BCUT2D eigenvalue weighted by molar-refractivity contribution is 7.92. The molecule has 4 bridgehead atoms. The van der Waals surface area contributed by atoms with Gasteiger partial charge in [0.25, 0.3) is 0 Å². The number of nitrogens with one attached hydrogen (secondary N) is 3. The third-order valence-corrected chi connectivity index (χ3v) is 7.00. The molecule has 27 heavy (non-hydrogen) atoms. The molecule has 0 heterocycles. The zero-order valence-electron chi connectivity index (χ0n) is 16.0. The Balaban J connectivity index is 1.36. The molecule has 0 aromatic heterocycles.